The van der Waals surface area contributed by atoms with Crippen LogP contribution >= 0.6 is 24.0 Å². The number of furan rings is 1. The van der Waals surface area contributed by atoms with Crippen LogP contribution in [0.15, 0.2) is 39.9 Å². The van der Waals surface area contributed by atoms with Crippen LogP contribution in [0.4, 0.5) is 0 Å². The summed E-state index contributed by atoms with van der Waals surface area (Å²) in [7, 11) is 5.16. The zero-order chi connectivity index (χ0) is 17.6. The summed E-state index contributed by atoms with van der Waals surface area (Å²) in [5, 5.41) is 3.42. The second-order valence-corrected chi connectivity index (χ2v) is 5.95. The van der Waals surface area contributed by atoms with Crippen molar-refractivity contribution in [2.75, 3.05) is 34.4 Å². The Bertz CT molecular complexity index is 732. The Kier molecular flexibility index (Phi) is 7.62. The van der Waals surface area contributed by atoms with E-state index in [0.29, 0.717) is 0 Å². The van der Waals surface area contributed by atoms with Gasteiger partial charge in [-0.15, -0.1) is 24.0 Å². The van der Waals surface area contributed by atoms with Crippen molar-refractivity contribution in [3.05, 3.63) is 47.4 Å². The Morgan fingerprint density at radius 2 is 1.96 bits per heavy atom. The van der Waals surface area contributed by atoms with Crippen LogP contribution in [0, 0.1) is 0 Å². The monoisotopic (exact) mass is 471 g/mol. The third-order valence-corrected chi connectivity index (χ3v) is 4.46. The number of hydrogen-bond acceptors (Lipinski definition) is 4. The Morgan fingerprint density at radius 1 is 1.23 bits per heavy atom. The molecular weight excluding hydrogens is 445 g/mol. The number of rotatable bonds is 5. The van der Waals surface area contributed by atoms with Crippen molar-refractivity contribution in [2.24, 2.45) is 4.99 Å². The van der Waals surface area contributed by atoms with E-state index >= 15 is 0 Å². The zero-order valence-corrected chi connectivity index (χ0v) is 17.8. The molecule has 0 amide bonds. The molecule has 0 saturated heterocycles. The fourth-order valence-corrected chi connectivity index (χ4v) is 3.15. The van der Waals surface area contributed by atoms with Gasteiger partial charge in [-0.25, -0.2) is 0 Å². The molecular formula is C19H26IN3O3. The first-order valence-corrected chi connectivity index (χ1v) is 8.47. The first kappa shape index (κ1) is 20.4. The van der Waals surface area contributed by atoms with Crippen molar-refractivity contribution >= 4 is 29.9 Å². The highest BCUT2D eigenvalue weighted by atomic mass is 127. The molecule has 0 fully saturated rings. The van der Waals surface area contributed by atoms with Gasteiger partial charge in [0.1, 0.15) is 5.76 Å². The molecule has 0 saturated carbocycles. The predicted octanol–water partition coefficient (Wildman–Crippen LogP) is 3.09. The molecule has 1 aliphatic rings. The molecule has 6 nitrogen and oxygen atoms in total. The largest absolute Gasteiger partial charge is 0.493 e. The summed E-state index contributed by atoms with van der Waals surface area (Å²) in [6, 6.07) is 8.05. The molecule has 26 heavy (non-hydrogen) atoms. The van der Waals surface area contributed by atoms with E-state index in [9.17, 15) is 0 Å². The van der Waals surface area contributed by atoms with Gasteiger partial charge < -0.3 is 24.1 Å². The molecule has 0 bridgehead atoms. The topological polar surface area (TPSA) is 59.2 Å². The third-order valence-electron chi connectivity index (χ3n) is 4.46. The predicted molar refractivity (Wildman–Crippen MR) is 113 cm³/mol. The molecule has 2 aromatic rings. The highest BCUT2D eigenvalue weighted by Gasteiger charge is 2.21. The van der Waals surface area contributed by atoms with Crippen LogP contribution in [0.1, 0.15) is 16.9 Å². The van der Waals surface area contributed by atoms with E-state index in [2.05, 4.69) is 27.3 Å². The van der Waals surface area contributed by atoms with Gasteiger partial charge in [0.15, 0.2) is 17.5 Å². The summed E-state index contributed by atoms with van der Waals surface area (Å²) in [4.78, 5) is 6.69. The zero-order valence-electron chi connectivity index (χ0n) is 15.4. The van der Waals surface area contributed by atoms with Crippen LogP contribution in [0.3, 0.4) is 0 Å². The Labute approximate surface area is 171 Å². The number of nitrogens with zero attached hydrogens (tertiary/aromatic N) is 2. The summed E-state index contributed by atoms with van der Waals surface area (Å²) < 4.78 is 16.2. The number of halogens is 1. The van der Waals surface area contributed by atoms with Crippen LogP contribution in [0.5, 0.6) is 11.5 Å². The maximum Gasteiger partial charge on any atom is 0.193 e. The number of benzene rings is 1. The number of methoxy groups -OCH3 is 2. The quantitative estimate of drug-likeness (QED) is 0.413. The number of nitrogens with one attached hydrogen (secondary N) is 1. The van der Waals surface area contributed by atoms with Gasteiger partial charge >= 0.3 is 0 Å². The minimum absolute atomic E-state index is 0. The second-order valence-electron chi connectivity index (χ2n) is 5.95. The van der Waals surface area contributed by atoms with Crippen molar-refractivity contribution in [2.45, 2.75) is 19.4 Å². The number of fused-ring (bicyclic) bond motifs is 1. The fourth-order valence-electron chi connectivity index (χ4n) is 3.15. The summed E-state index contributed by atoms with van der Waals surface area (Å²) >= 11 is 0. The lowest BCUT2D eigenvalue weighted by molar-refractivity contribution is 0.346. The first-order valence-electron chi connectivity index (χ1n) is 8.47. The van der Waals surface area contributed by atoms with E-state index in [1.165, 1.54) is 11.1 Å². The van der Waals surface area contributed by atoms with Crippen LogP contribution < -0.4 is 14.8 Å². The maximum absolute atomic E-state index is 5.43. The van der Waals surface area contributed by atoms with Crippen LogP contribution in [0.25, 0.3) is 0 Å². The van der Waals surface area contributed by atoms with Gasteiger partial charge in [0.05, 0.1) is 20.5 Å². The molecule has 7 heteroatoms. The Morgan fingerprint density at radius 3 is 2.58 bits per heavy atom. The van der Waals surface area contributed by atoms with E-state index in [0.717, 1.165) is 55.7 Å². The minimum Gasteiger partial charge on any atom is -0.493 e. The number of aliphatic imine (C=N–C) groups is 1. The normalized spacial score (nSPS) is 13.7. The highest BCUT2D eigenvalue weighted by molar-refractivity contribution is 14.0. The molecule has 0 atom stereocenters. The molecule has 2 heterocycles. The van der Waals surface area contributed by atoms with Gasteiger partial charge in [0, 0.05) is 33.1 Å². The van der Waals surface area contributed by atoms with E-state index in [1.807, 2.05) is 19.2 Å². The lowest BCUT2D eigenvalue weighted by Crippen LogP contribution is -2.44. The molecule has 3 rings (SSSR count). The van der Waals surface area contributed by atoms with Gasteiger partial charge in [-0.2, -0.15) is 0 Å². The Balaban J connectivity index is 0.00000243. The minimum atomic E-state index is 0. The van der Waals surface area contributed by atoms with Gasteiger partial charge in [-0.1, -0.05) is 0 Å². The average molecular weight is 471 g/mol. The molecule has 0 spiro atoms. The molecule has 0 unspecified atom stereocenters. The van der Waals surface area contributed by atoms with Gasteiger partial charge in [-0.05, 0) is 41.8 Å². The van der Waals surface area contributed by atoms with E-state index < -0.39 is 0 Å². The lowest BCUT2D eigenvalue weighted by Gasteiger charge is -2.32. The fraction of sp³-hybridized carbons (Fsp3) is 0.421. The second kappa shape index (κ2) is 9.70. The lowest BCUT2D eigenvalue weighted by atomic mass is 9.99. The number of guanidine groups is 1. The van der Waals surface area contributed by atoms with E-state index in [-0.39, 0.29) is 24.0 Å². The SMILES string of the molecule is CN=C(NCCc1ccco1)N1CCc2cc(OC)c(OC)cc2C1.I. The standard InChI is InChI=1S/C19H25N3O3.HI/c1-20-19(21-8-6-16-5-4-10-25-16)22-9-7-14-11-17(23-2)18(24-3)12-15(14)13-22;/h4-5,10-12H,6-9,13H2,1-3H3,(H,20,21);1H. The average Bonchev–Trinajstić information content (AvgIpc) is 3.17. The smallest absolute Gasteiger partial charge is 0.193 e. The molecule has 1 aliphatic heterocycles. The van der Waals surface area contributed by atoms with Crippen LogP contribution in [-0.4, -0.2) is 45.2 Å². The van der Waals surface area contributed by atoms with Crippen molar-refractivity contribution in [3.8, 4) is 11.5 Å². The summed E-state index contributed by atoms with van der Waals surface area (Å²) in [5.41, 5.74) is 2.55. The van der Waals surface area contributed by atoms with E-state index in [4.69, 9.17) is 13.9 Å². The molecule has 0 aliphatic carbocycles. The first-order chi connectivity index (χ1) is 12.2. The van der Waals surface area contributed by atoms with Gasteiger partial charge in [-0.3, -0.25) is 4.99 Å². The van der Waals surface area contributed by atoms with Crippen molar-refractivity contribution in [3.63, 3.8) is 0 Å². The van der Waals surface area contributed by atoms with Crippen LogP contribution in [0.2, 0.25) is 0 Å². The van der Waals surface area contributed by atoms with Crippen molar-refractivity contribution in [1.29, 1.82) is 0 Å². The molecule has 1 N–H and O–H groups in total. The summed E-state index contributed by atoms with van der Waals surface area (Å²) in [6.07, 6.45) is 3.49. The number of ether oxygens (including phenoxy) is 2. The highest BCUT2D eigenvalue weighted by Crippen LogP contribution is 2.33. The Hall–Kier alpha value is -1.90. The van der Waals surface area contributed by atoms with Gasteiger partial charge in [0.2, 0.25) is 0 Å². The molecule has 1 aromatic heterocycles. The molecule has 0 radical (unpaired) electrons. The summed E-state index contributed by atoms with van der Waals surface area (Å²) in [6.45, 7) is 2.51. The summed E-state index contributed by atoms with van der Waals surface area (Å²) in [5.74, 6) is 3.44. The van der Waals surface area contributed by atoms with Gasteiger partial charge in [0.25, 0.3) is 0 Å². The molecule has 142 valence electrons. The van der Waals surface area contributed by atoms with Crippen molar-refractivity contribution < 1.29 is 13.9 Å². The molecule has 1 aromatic carbocycles. The third kappa shape index (κ3) is 4.63. The maximum atomic E-state index is 5.43. The number of hydrogen-bond donors (Lipinski definition) is 1. The van der Waals surface area contributed by atoms with Crippen molar-refractivity contribution in [1.82, 2.24) is 10.2 Å². The van der Waals surface area contributed by atoms with Crippen LogP contribution in [-0.2, 0) is 19.4 Å². The van der Waals surface area contributed by atoms with E-state index in [1.54, 1.807) is 20.5 Å².